The topological polar surface area (TPSA) is 0 Å². The molecule has 0 saturated heterocycles. The molecule has 0 aromatic heterocycles. The van der Waals surface area contributed by atoms with Crippen molar-refractivity contribution in [1.29, 1.82) is 0 Å². The number of hydrogen-bond donors (Lipinski definition) is 0. The molecule has 0 nitrogen and oxygen atoms in total. The van der Waals surface area contributed by atoms with Crippen molar-refractivity contribution in [3.8, 4) is 0 Å². The van der Waals surface area contributed by atoms with E-state index in [2.05, 4.69) is 31.7 Å². The lowest BCUT2D eigenvalue weighted by Gasteiger charge is -2.23. The van der Waals surface area contributed by atoms with Gasteiger partial charge in [-0.2, -0.15) is 0 Å². The smallest absolute Gasteiger partial charge is 0.0233 e. The zero-order valence-corrected chi connectivity index (χ0v) is 7.42. The molecule has 1 aliphatic carbocycles. The van der Waals surface area contributed by atoms with Gasteiger partial charge >= 0.3 is 0 Å². The predicted molar refractivity (Wildman–Crippen MR) is 50.5 cm³/mol. The maximum absolute atomic E-state index is 3.84. The number of hydrogen-bond acceptors (Lipinski definition) is 0. The van der Waals surface area contributed by atoms with E-state index in [1.807, 2.05) is 0 Å². The van der Waals surface area contributed by atoms with Crippen LogP contribution in [0.2, 0.25) is 0 Å². The summed E-state index contributed by atoms with van der Waals surface area (Å²) < 4.78 is 0. The molecule has 1 aliphatic rings. The van der Waals surface area contributed by atoms with E-state index in [0.717, 1.165) is 11.8 Å². The van der Waals surface area contributed by atoms with Crippen LogP contribution in [0.15, 0.2) is 24.8 Å². The molecule has 0 aliphatic heterocycles. The summed E-state index contributed by atoms with van der Waals surface area (Å²) in [6.45, 7) is 5.95. The van der Waals surface area contributed by atoms with Crippen LogP contribution in [0.4, 0.5) is 0 Å². The molecule has 11 heavy (non-hydrogen) atoms. The van der Waals surface area contributed by atoms with Crippen LogP contribution >= 0.6 is 0 Å². The van der Waals surface area contributed by atoms with Crippen LogP contribution in [0.25, 0.3) is 0 Å². The lowest BCUT2D eigenvalue weighted by Crippen LogP contribution is -2.10. The minimum atomic E-state index is 0.802. The molecular formula is C11H18. The van der Waals surface area contributed by atoms with Gasteiger partial charge in [0, 0.05) is 0 Å². The van der Waals surface area contributed by atoms with Crippen molar-refractivity contribution in [3.63, 3.8) is 0 Å². The van der Waals surface area contributed by atoms with Gasteiger partial charge in [0.05, 0.1) is 0 Å². The summed E-state index contributed by atoms with van der Waals surface area (Å²) in [7, 11) is 0. The Balaban J connectivity index is 2.29. The Bertz CT molecular complexity index is 136. The first kappa shape index (κ1) is 8.58. The minimum Gasteiger partial charge on any atom is -0.103 e. The molecule has 62 valence electrons. The number of rotatable bonds is 2. The van der Waals surface area contributed by atoms with Crippen LogP contribution in [-0.4, -0.2) is 0 Å². The molecule has 0 bridgehead atoms. The van der Waals surface area contributed by atoms with E-state index < -0.39 is 0 Å². The predicted octanol–water partition coefficient (Wildman–Crippen LogP) is 3.55. The Labute approximate surface area is 70.0 Å². The SMILES string of the molecule is C=CC1CCC(/C=C\C)CC1. The fraction of sp³-hybridized carbons (Fsp3) is 0.636. The van der Waals surface area contributed by atoms with Crippen molar-refractivity contribution < 1.29 is 0 Å². The van der Waals surface area contributed by atoms with Gasteiger partial charge in [0.15, 0.2) is 0 Å². The van der Waals surface area contributed by atoms with Crippen molar-refractivity contribution in [3.05, 3.63) is 24.8 Å². The molecule has 1 saturated carbocycles. The lowest BCUT2D eigenvalue weighted by atomic mass is 9.82. The summed E-state index contributed by atoms with van der Waals surface area (Å²) in [5.74, 6) is 1.66. The van der Waals surface area contributed by atoms with Crippen LogP contribution < -0.4 is 0 Å². The van der Waals surface area contributed by atoms with E-state index in [0.29, 0.717) is 0 Å². The molecule has 0 radical (unpaired) electrons. The van der Waals surface area contributed by atoms with Gasteiger partial charge in [0.25, 0.3) is 0 Å². The van der Waals surface area contributed by atoms with Crippen LogP contribution in [-0.2, 0) is 0 Å². The normalized spacial score (nSPS) is 32.5. The van der Waals surface area contributed by atoms with Crippen LogP contribution in [0.5, 0.6) is 0 Å². The molecule has 0 spiro atoms. The van der Waals surface area contributed by atoms with Gasteiger partial charge in [-0.3, -0.25) is 0 Å². The molecule has 0 unspecified atom stereocenters. The second-order valence-electron chi connectivity index (χ2n) is 3.44. The van der Waals surface area contributed by atoms with Crippen molar-refractivity contribution in [2.45, 2.75) is 32.6 Å². The maximum atomic E-state index is 3.84. The Morgan fingerprint density at radius 1 is 1.09 bits per heavy atom. The summed E-state index contributed by atoms with van der Waals surface area (Å²) in [4.78, 5) is 0. The average molecular weight is 150 g/mol. The number of allylic oxidation sites excluding steroid dienone is 3. The van der Waals surface area contributed by atoms with E-state index in [4.69, 9.17) is 0 Å². The van der Waals surface area contributed by atoms with E-state index in [9.17, 15) is 0 Å². The van der Waals surface area contributed by atoms with Crippen molar-refractivity contribution in [2.75, 3.05) is 0 Å². The Kier molecular flexibility index (Phi) is 3.41. The van der Waals surface area contributed by atoms with Crippen LogP contribution in [0.3, 0.4) is 0 Å². The monoisotopic (exact) mass is 150 g/mol. The van der Waals surface area contributed by atoms with Crippen molar-refractivity contribution in [1.82, 2.24) is 0 Å². The van der Waals surface area contributed by atoms with Gasteiger partial charge in [-0.15, -0.1) is 6.58 Å². The quantitative estimate of drug-likeness (QED) is 0.528. The summed E-state index contributed by atoms with van der Waals surface area (Å²) in [6.07, 6.45) is 12.1. The fourth-order valence-corrected chi connectivity index (χ4v) is 1.85. The highest BCUT2D eigenvalue weighted by atomic mass is 14.2. The Hall–Kier alpha value is -0.520. The van der Waals surface area contributed by atoms with Gasteiger partial charge in [-0.1, -0.05) is 18.2 Å². The van der Waals surface area contributed by atoms with Crippen molar-refractivity contribution in [2.24, 2.45) is 11.8 Å². The summed E-state index contributed by atoms with van der Waals surface area (Å²) in [6, 6.07) is 0. The summed E-state index contributed by atoms with van der Waals surface area (Å²) >= 11 is 0. The molecular weight excluding hydrogens is 132 g/mol. The highest BCUT2D eigenvalue weighted by molar-refractivity contribution is 4.92. The van der Waals surface area contributed by atoms with Gasteiger partial charge in [-0.05, 0) is 44.4 Å². The first-order valence-corrected chi connectivity index (χ1v) is 4.62. The zero-order valence-electron chi connectivity index (χ0n) is 7.42. The summed E-state index contributed by atoms with van der Waals surface area (Å²) in [5.41, 5.74) is 0. The molecule has 1 rings (SSSR count). The Morgan fingerprint density at radius 3 is 2.09 bits per heavy atom. The van der Waals surface area contributed by atoms with Gasteiger partial charge < -0.3 is 0 Å². The largest absolute Gasteiger partial charge is 0.103 e. The Morgan fingerprint density at radius 2 is 1.64 bits per heavy atom. The first-order chi connectivity index (χ1) is 5.36. The third kappa shape index (κ3) is 2.53. The van der Waals surface area contributed by atoms with Gasteiger partial charge in [0.1, 0.15) is 0 Å². The molecule has 0 aromatic carbocycles. The van der Waals surface area contributed by atoms with E-state index in [1.165, 1.54) is 25.7 Å². The maximum Gasteiger partial charge on any atom is -0.0233 e. The highest BCUT2D eigenvalue weighted by Crippen LogP contribution is 2.29. The zero-order chi connectivity index (χ0) is 8.10. The summed E-state index contributed by atoms with van der Waals surface area (Å²) in [5, 5.41) is 0. The molecule has 0 aromatic rings. The van der Waals surface area contributed by atoms with Gasteiger partial charge in [0.2, 0.25) is 0 Å². The molecule has 0 N–H and O–H groups in total. The highest BCUT2D eigenvalue weighted by Gasteiger charge is 2.16. The van der Waals surface area contributed by atoms with Crippen LogP contribution in [0.1, 0.15) is 32.6 Å². The second-order valence-corrected chi connectivity index (χ2v) is 3.44. The van der Waals surface area contributed by atoms with E-state index in [-0.39, 0.29) is 0 Å². The average Bonchev–Trinajstić information content (AvgIpc) is 2.07. The third-order valence-electron chi connectivity index (χ3n) is 2.61. The first-order valence-electron chi connectivity index (χ1n) is 4.62. The van der Waals surface area contributed by atoms with E-state index >= 15 is 0 Å². The minimum absolute atomic E-state index is 0.802. The molecule has 0 heteroatoms. The van der Waals surface area contributed by atoms with Crippen molar-refractivity contribution >= 4 is 0 Å². The second kappa shape index (κ2) is 4.38. The van der Waals surface area contributed by atoms with Gasteiger partial charge in [-0.25, -0.2) is 0 Å². The standard InChI is InChI=1S/C11H18/c1-3-5-11-8-6-10(4-2)7-9-11/h3-5,10-11H,2,6-9H2,1H3/b5-3-. The fourth-order valence-electron chi connectivity index (χ4n) is 1.85. The molecule has 0 amide bonds. The van der Waals surface area contributed by atoms with E-state index in [1.54, 1.807) is 0 Å². The lowest BCUT2D eigenvalue weighted by molar-refractivity contribution is 0.357. The molecule has 1 fully saturated rings. The van der Waals surface area contributed by atoms with Crippen LogP contribution in [0, 0.1) is 11.8 Å². The third-order valence-corrected chi connectivity index (χ3v) is 2.61. The molecule has 0 atom stereocenters. The molecule has 0 heterocycles.